The molecule has 1 aliphatic carbocycles. The van der Waals surface area contributed by atoms with Crippen LogP contribution in [0.2, 0.25) is 0 Å². The maximum atomic E-state index is 14.1. The third kappa shape index (κ3) is 5.30. The van der Waals surface area contributed by atoms with Crippen molar-refractivity contribution in [2.45, 2.75) is 76.0 Å². The van der Waals surface area contributed by atoms with Crippen LogP contribution in [0, 0.1) is 5.41 Å². The molecule has 13 nitrogen and oxygen atoms in total. The molecule has 0 unspecified atom stereocenters. The molecule has 4 aliphatic rings. The van der Waals surface area contributed by atoms with E-state index in [-0.39, 0.29) is 48.7 Å². The molecule has 3 fully saturated rings. The first-order valence-electron chi connectivity index (χ1n) is 14.3. The molecule has 1 spiro atoms. The Morgan fingerprint density at radius 2 is 1.84 bits per heavy atom. The number of anilines is 4. The highest BCUT2D eigenvalue weighted by molar-refractivity contribution is 6.13. The first-order valence-corrected chi connectivity index (χ1v) is 14.3. The van der Waals surface area contributed by atoms with Gasteiger partial charge in [0, 0.05) is 19.6 Å². The summed E-state index contributed by atoms with van der Waals surface area (Å²) in [5.74, 6) is 0.719. The number of nitrogen functional groups attached to an aromatic ring is 1. The molecule has 16 heteroatoms. The average molecular weight is 606 g/mol. The normalized spacial score (nSPS) is 25.4. The second-order valence-electron chi connectivity index (χ2n) is 11.5. The molecule has 0 aromatic carbocycles. The van der Waals surface area contributed by atoms with E-state index in [1.807, 2.05) is 18.7 Å². The number of hydrogen-bond donors (Lipinski definition) is 2. The summed E-state index contributed by atoms with van der Waals surface area (Å²) in [4.78, 5) is 36.4. The van der Waals surface area contributed by atoms with E-state index >= 15 is 0 Å². The van der Waals surface area contributed by atoms with Crippen LogP contribution in [-0.2, 0) is 31.0 Å². The molecular weight excluding hydrogens is 571 g/mol. The molecule has 0 bridgehead atoms. The van der Waals surface area contributed by atoms with E-state index in [0.29, 0.717) is 43.1 Å². The third-order valence-electron chi connectivity index (χ3n) is 8.41. The van der Waals surface area contributed by atoms with Gasteiger partial charge in [0.15, 0.2) is 18.5 Å². The van der Waals surface area contributed by atoms with Crippen LogP contribution in [0.3, 0.4) is 0 Å². The molecule has 232 valence electrons. The number of morpholine rings is 2. The molecular formula is C27H34F3N9O4. The fraction of sp³-hybridized carbons (Fsp3) is 0.630. The number of nitrogens with two attached hydrogens (primary N) is 1. The van der Waals surface area contributed by atoms with Crippen molar-refractivity contribution in [2.75, 3.05) is 48.4 Å². The van der Waals surface area contributed by atoms with Gasteiger partial charge in [0.1, 0.15) is 11.6 Å². The first kappa shape index (κ1) is 29.3. The van der Waals surface area contributed by atoms with Crippen LogP contribution in [0.25, 0.3) is 0 Å². The Balaban J connectivity index is 1.28. The first-order chi connectivity index (χ1) is 20.5. The molecule has 6 rings (SSSR count). The van der Waals surface area contributed by atoms with Gasteiger partial charge in [-0.15, -0.1) is 0 Å². The van der Waals surface area contributed by atoms with Gasteiger partial charge in [-0.2, -0.15) is 13.2 Å². The minimum absolute atomic E-state index is 0.0191. The van der Waals surface area contributed by atoms with Gasteiger partial charge in [-0.05, 0) is 26.7 Å². The van der Waals surface area contributed by atoms with Crippen molar-refractivity contribution in [1.29, 1.82) is 5.41 Å². The van der Waals surface area contributed by atoms with E-state index < -0.39 is 36.9 Å². The molecule has 43 heavy (non-hydrogen) atoms. The standard InChI is InChI=1S/C27H34F3N9O4/c1-15-11-37(12-16(2)43-15)25-33-9-17(10-34-25)39-22-20(26(23(39)40)5-3-4-6-26)21(31)35-19(36-22)14-42-24(32)38-7-8-41-13-18(38)27(28,29)30/h9-10,15-16,18,32H,3-8,11-14H2,1-2H3,(H2,31,35,36)/t15-,16+,18-/m1/s1. The molecule has 1 saturated carbocycles. The number of amides is 1. The lowest BCUT2D eigenvalue weighted by molar-refractivity contribution is -0.202. The Hall–Kier alpha value is -3.79. The summed E-state index contributed by atoms with van der Waals surface area (Å²) >= 11 is 0. The second kappa shape index (κ2) is 11.0. The minimum Gasteiger partial charge on any atom is -0.457 e. The predicted molar refractivity (Wildman–Crippen MR) is 148 cm³/mol. The zero-order valence-electron chi connectivity index (χ0n) is 23.9. The zero-order valence-corrected chi connectivity index (χ0v) is 23.9. The zero-order chi connectivity index (χ0) is 30.5. The van der Waals surface area contributed by atoms with Crippen molar-refractivity contribution in [3.8, 4) is 0 Å². The van der Waals surface area contributed by atoms with Crippen molar-refractivity contribution in [1.82, 2.24) is 24.8 Å². The third-order valence-corrected chi connectivity index (χ3v) is 8.41. The van der Waals surface area contributed by atoms with Crippen LogP contribution >= 0.6 is 0 Å². The van der Waals surface area contributed by atoms with Gasteiger partial charge in [0.05, 0.1) is 54.5 Å². The fourth-order valence-electron chi connectivity index (χ4n) is 6.57. The predicted octanol–water partition coefficient (Wildman–Crippen LogP) is 2.67. The van der Waals surface area contributed by atoms with Crippen molar-refractivity contribution in [3.63, 3.8) is 0 Å². The Bertz CT molecular complexity index is 1380. The molecule has 2 aromatic heterocycles. The molecule has 1 amide bonds. The van der Waals surface area contributed by atoms with Gasteiger partial charge < -0.3 is 29.7 Å². The average Bonchev–Trinajstić information content (AvgIpc) is 3.54. The summed E-state index contributed by atoms with van der Waals surface area (Å²) in [6.45, 7) is 4.10. The number of aromatic nitrogens is 4. The summed E-state index contributed by atoms with van der Waals surface area (Å²) in [5, 5.41) is 8.18. The lowest BCUT2D eigenvalue weighted by Gasteiger charge is -2.37. The van der Waals surface area contributed by atoms with Crippen LogP contribution in [0.15, 0.2) is 12.4 Å². The van der Waals surface area contributed by atoms with Crippen LogP contribution in [0.4, 0.5) is 36.4 Å². The van der Waals surface area contributed by atoms with E-state index in [9.17, 15) is 18.0 Å². The lowest BCUT2D eigenvalue weighted by atomic mass is 9.80. The highest BCUT2D eigenvalue weighted by atomic mass is 19.4. The number of halogens is 3. The van der Waals surface area contributed by atoms with Crippen LogP contribution < -0.4 is 15.5 Å². The Morgan fingerprint density at radius 3 is 2.49 bits per heavy atom. The topological polar surface area (TPSA) is 156 Å². The van der Waals surface area contributed by atoms with Crippen LogP contribution in [-0.4, -0.2) is 94.0 Å². The number of alkyl halides is 3. The molecule has 3 atom stereocenters. The number of rotatable bonds is 4. The molecule has 2 aromatic rings. The van der Waals surface area contributed by atoms with Gasteiger partial charge in [0.2, 0.25) is 11.9 Å². The molecule has 5 heterocycles. The Labute approximate surface area is 246 Å². The lowest BCUT2D eigenvalue weighted by Crippen LogP contribution is -2.55. The minimum atomic E-state index is -4.60. The van der Waals surface area contributed by atoms with Gasteiger partial charge >= 0.3 is 6.18 Å². The highest BCUT2D eigenvalue weighted by Gasteiger charge is 2.55. The maximum absolute atomic E-state index is 14.1. The summed E-state index contributed by atoms with van der Waals surface area (Å²) < 4.78 is 56.7. The number of nitrogens with zero attached hydrogens (tertiary/aromatic N) is 7. The molecule has 0 radical (unpaired) electrons. The van der Waals surface area contributed by atoms with E-state index in [2.05, 4.69) is 19.9 Å². The Kier molecular flexibility index (Phi) is 7.52. The number of fused-ring (bicyclic) bond motifs is 2. The summed E-state index contributed by atoms with van der Waals surface area (Å²) in [7, 11) is 0. The van der Waals surface area contributed by atoms with Crippen LogP contribution in [0.1, 0.15) is 50.9 Å². The van der Waals surface area contributed by atoms with Gasteiger partial charge in [-0.3, -0.25) is 15.1 Å². The second-order valence-corrected chi connectivity index (χ2v) is 11.5. The number of nitrogens with one attached hydrogen (secondary N) is 1. The van der Waals surface area contributed by atoms with Crippen LogP contribution in [0.5, 0.6) is 0 Å². The number of carbonyl (C=O) groups excluding carboxylic acids is 1. The van der Waals surface area contributed by atoms with Crippen molar-refractivity contribution in [2.24, 2.45) is 0 Å². The smallest absolute Gasteiger partial charge is 0.411 e. The van der Waals surface area contributed by atoms with Crippen molar-refractivity contribution in [3.05, 3.63) is 23.8 Å². The van der Waals surface area contributed by atoms with Crippen molar-refractivity contribution < 1.29 is 32.2 Å². The summed E-state index contributed by atoms with van der Waals surface area (Å²) in [5.41, 5.74) is 6.50. The van der Waals surface area contributed by atoms with Crippen molar-refractivity contribution >= 4 is 35.2 Å². The monoisotopic (exact) mass is 605 g/mol. The highest BCUT2D eigenvalue weighted by Crippen LogP contribution is 2.54. The SMILES string of the molecule is C[C@@H]1CN(c2ncc(N3C(=O)C4(CCCC4)c4c(N)nc(COC(=N)N5CCOC[C@@H]5C(F)(F)F)nc43)cn2)C[C@H](C)O1. The van der Waals surface area contributed by atoms with E-state index in [0.717, 1.165) is 17.7 Å². The number of ether oxygens (including phenoxy) is 3. The van der Waals surface area contributed by atoms with Gasteiger partial charge in [-0.1, -0.05) is 12.8 Å². The number of hydrogen-bond acceptors (Lipinski definition) is 11. The number of carbonyl (C=O) groups is 1. The van der Waals surface area contributed by atoms with Gasteiger partial charge in [-0.25, -0.2) is 19.9 Å². The maximum Gasteiger partial charge on any atom is 0.411 e. The van der Waals surface area contributed by atoms with Gasteiger partial charge in [0.25, 0.3) is 6.02 Å². The molecule has 3 N–H and O–H groups in total. The van der Waals surface area contributed by atoms with E-state index in [1.165, 1.54) is 4.90 Å². The summed E-state index contributed by atoms with van der Waals surface area (Å²) in [6.07, 6.45) is 1.43. The fourth-order valence-corrected chi connectivity index (χ4v) is 6.57. The number of amidine groups is 1. The van der Waals surface area contributed by atoms with E-state index in [1.54, 1.807) is 12.4 Å². The largest absolute Gasteiger partial charge is 0.457 e. The molecule has 2 saturated heterocycles. The molecule has 3 aliphatic heterocycles. The quantitative estimate of drug-likeness (QED) is 0.390. The Morgan fingerprint density at radius 1 is 1.16 bits per heavy atom. The van der Waals surface area contributed by atoms with E-state index in [4.69, 9.17) is 25.4 Å². The summed E-state index contributed by atoms with van der Waals surface area (Å²) in [6, 6.07) is -2.67.